The predicted octanol–water partition coefficient (Wildman–Crippen LogP) is 23.7. The second-order valence-corrected chi connectivity index (χ2v) is 31.0. The van der Waals surface area contributed by atoms with E-state index >= 15 is 0 Å². The lowest BCUT2D eigenvalue weighted by atomic mass is 10.0. The Morgan fingerprint density at radius 2 is 0.485 bits per heavy atom. The zero-order valence-corrected chi connectivity index (χ0v) is 65.7. The lowest BCUT2D eigenvalue weighted by Gasteiger charge is -2.21. The first-order valence-electron chi connectivity index (χ1n) is 41.1. The van der Waals surface area contributed by atoms with Crippen LogP contribution in [0.5, 0.6) is 0 Å². The fourth-order valence-electron chi connectivity index (χ4n) is 11.9. The summed E-state index contributed by atoms with van der Waals surface area (Å²) in [5.41, 5.74) is 0. The van der Waals surface area contributed by atoms with Gasteiger partial charge in [-0.3, -0.25) is 37.3 Å². The Bertz CT molecular complexity index is 1970. The average Bonchev–Trinajstić information content (AvgIpc) is 1.14. The van der Waals surface area contributed by atoms with Gasteiger partial charge in [0.05, 0.1) is 26.4 Å². The van der Waals surface area contributed by atoms with Gasteiger partial charge in [0.25, 0.3) is 0 Å². The summed E-state index contributed by atoms with van der Waals surface area (Å²) in [6, 6.07) is 0. The quantitative estimate of drug-likeness (QED) is 0.0169. The topological polar surface area (TPSA) is 237 Å². The molecule has 0 spiro atoms. The van der Waals surface area contributed by atoms with Crippen LogP contribution >= 0.6 is 15.6 Å². The molecular formula is C80H152O17P2. The monoisotopic (exact) mass is 1450 g/mol. The van der Waals surface area contributed by atoms with Crippen LogP contribution in [-0.2, 0) is 65.4 Å². The van der Waals surface area contributed by atoms with Crippen molar-refractivity contribution in [2.75, 3.05) is 39.6 Å². The molecule has 99 heavy (non-hydrogen) atoms. The highest BCUT2D eigenvalue weighted by molar-refractivity contribution is 7.47. The predicted molar refractivity (Wildman–Crippen MR) is 405 cm³/mol. The van der Waals surface area contributed by atoms with Gasteiger partial charge < -0.3 is 33.8 Å². The van der Waals surface area contributed by atoms with Crippen molar-refractivity contribution in [1.29, 1.82) is 0 Å². The van der Waals surface area contributed by atoms with E-state index in [-0.39, 0.29) is 25.7 Å². The molecule has 0 saturated heterocycles. The van der Waals surface area contributed by atoms with Crippen LogP contribution in [0.15, 0.2) is 24.3 Å². The van der Waals surface area contributed by atoms with E-state index in [1.807, 2.05) is 0 Å². The van der Waals surface area contributed by atoms with Crippen LogP contribution in [0.2, 0.25) is 0 Å². The molecule has 17 nitrogen and oxygen atoms in total. The maximum Gasteiger partial charge on any atom is 0.472 e. The number of esters is 4. The summed E-state index contributed by atoms with van der Waals surface area (Å²) in [5.74, 6) is -2.14. The van der Waals surface area contributed by atoms with Crippen LogP contribution in [0.25, 0.3) is 0 Å². The molecule has 0 amide bonds. The average molecular weight is 1450 g/mol. The normalized spacial score (nSPS) is 14.0. The molecule has 0 heterocycles. The van der Waals surface area contributed by atoms with E-state index in [9.17, 15) is 43.2 Å². The Morgan fingerprint density at radius 1 is 0.283 bits per heavy atom. The summed E-state index contributed by atoms with van der Waals surface area (Å²) in [6.07, 6.45) is 69.0. The number of allylic oxidation sites excluding steroid dienone is 4. The van der Waals surface area contributed by atoms with Gasteiger partial charge in [0.15, 0.2) is 12.2 Å². The second-order valence-electron chi connectivity index (χ2n) is 28.1. The number of ether oxygens (including phenoxy) is 4. The largest absolute Gasteiger partial charge is 0.472 e. The summed E-state index contributed by atoms with van der Waals surface area (Å²) in [4.78, 5) is 72.8. The lowest BCUT2D eigenvalue weighted by Crippen LogP contribution is -2.30. The van der Waals surface area contributed by atoms with Gasteiger partial charge in [-0.05, 0) is 51.4 Å². The summed E-state index contributed by atoms with van der Waals surface area (Å²) in [6.45, 7) is 4.91. The number of rotatable bonds is 79. The van der Waals surface area contributed by atoms with Crippen molar-refractivity contribution in [2.45, 2.75) is 425 Å². The molecule has 0 saturated carbocycles. The minimum atomic E-state index is -4.96. The third-order valence-electron chi connectivity index (χ3n) is 18.2. The highest BCUT2D eigenvalue weighted by atomic mass is 31.2. The van der Waals surface area contributed by atoms with Gasteiger partial charge in [-0.1, -0.05) is 354 Å². The molecule has 0 aliphatic heterocycles. The number of hydrogen-bond donors (Lipinski definition) is 3. The highest BCUT2D eigenvalue weighted by Crippen LogP contribution is 2.45. The van der Waals surface area contributed by atoms with Gasteiger partial charge >= 0.3 is 39.5 Å². The molecule has 0 aromatic heterocycles. The Morgan fingerprint density at radius 3 is 0.737 bits per heavy atom. The van der Waals surface area contributed by atoms with Gasteiger partial charge in [-0.2, -0.15) is 0 Å². The van der Waals surface area contributed by atoms with Crippen molar-refractivity contribution in [2.24, 2.45) is 0 Å². The molecule has 584 valence electrons. The van der Waals surface area contributed by atoms with Crippen LogP contribution in [0.1, 0.15) is 407 Å². The van der Waals surface area contributed by atoms with Crippen molar-refractivity contribution >= 4 is 39.5 Å². The van der Waals surface area contributed by atoms with Crippen LogP contribution < -0.4 is 0 Å². The molecule has 19 heteroatoms. The third-order valence-corrected chi connectivity index (χ3v) is 20.1. The standard InChI is InChI=1S/C80H152O17P2/c1-5-9-13-17-21-24-27-30-33-35-36-37-38-39-42-45-48-51-55-59-63-67-80(85)97-76(71-91-78(83)65-61-57-53-49-46-43-41-34-31-28-25-22-18-14-10-6-2)73-95-99(88,89)93-69-74(81)68-92-98(86,87)94-72-75(70-90-77(82)64-60-56-52-20-16-12-8-4)96-79(84)66-62-58-54-50-47-44-40-32-29-26-23-19-15-11-7-3/h26,29,32,40,74-76,81H,5-25,27-28,30-31,33-39,41-73H2,1-4H3,(H,86,87)(H,88,89)/b29-26-,40-32-/t74-,75+,76+/m0/s1. The molecular weight excluding hydrogens is 1290 g/mol. The molecule has 0 bridgehead atoms. The van der Waals surface area contributed by atoms with E-state index in [1.54, 1.807) is 0 Å². The number of phosphoric ester groups is 2. The van der Waals surface area contributed by atoms with Gasteiger partial charge in [0, 0.05) is 25.7 Å². The molecule has 0 rings (SSSR count). The molecule has 0 fully saturated rings. The van der Waals surface area contributed by atoms with E-state index < -0.39 is 97.5 Å². The van der Waals surface area contributed by atoms with Crippen molar-refractivity contribution in [3.8, 4) is 0 Å². The number of aliphatic hydroxyl groups excluding tert-OH is 1. The smallest absolute Gasteiger partial charge is 0.462 e. The summed E-state index contributed by atoms with van der Waals surface area (Å²) < 4.78 is 68.5. The first kappa shape index (κ1) is 96.5. The Kier molecular flexibility index (Phi) is 72.0. The van der Waals surface area contributed by atoms with Gasteiger partial charge in [-0.15, -0.1) is 0 Å². The van der Waals surface area contributed by atoms with Crippen LogP contribution in [-0.4, -0.2) is 96.7 Å². The van der Waals surface area contributed by atoms with Gasteiger partial charge in [-0.25, -0.2) is 9.13 Å². The van der Waals surface area contributed by atoms with Gasteiger partial charge in [0.1, 0.15) is 19.3 Å². The van der Waals surface area contributed by atoms with E-state index in [1.165, 1.54) is 212 Å². The number of aliphatic hydroxyl groups is 1. The Hall–Kier alpha value is -2.46. The minimum Gasteiger partial charge on any atom is -0.462 e. The lowest BCUT2D eigenvalue weighted by molar-refractivity contribution is -0.161. The summed E-state index contributed by atoms with van der Waals surface area (Å²) >= 11 is 0. The maximum absolute atomic E-state index is 13.1. The third kappa shape index (κ3) is 73.6. The van der Waals surface area contributed by atoms with Crippen LogP contribution in [0, 0.1) is 0 Å². The molecule has 0 aromatic rings. The number of carbonyl (C=O) groups is 4. The maximum atomic E-state index is 13.1. The fourth-order valence-corrected chi connectivity index (χ4v) is 13.5. The molecule has 0 aromatic carbocycles. The zero-order valence-electron chi connectivity index (χ0n) is 64.0. The number of phosphoric acid groups is 2. The van der Waals surface area contributed by atoms with E-state index in [0.717, 1.165) is 116 Å². The number of hydrogen-bond acceptors (Lipinski definition) is 15. The van der Waals surface area contributed by atoms with Crippen molar-refractivity contribution in [3.05, 3.63) is 24.3 Å². The van der Waals surface area contributed by atoms with Crippen molar-refractivity contribution in [3.63, 3.8) is 0 Å². The van der Waals surface area contributed by atoms with Crippen LogP contribution in [0.4, 0.5) is 0 Å². The molecule has 2 unspecified atom stereocenters. The molecule has 0 radical (unpaired) electrons. The zero-order chi connectivity index (χ0) is 72.5. The number of carbonyl (C=O) groups excluding carboxylic acids is 4. The molecule has 5 atom stereocenters. The van der Waals surface area contributed by atoms with E-state index in [4.69, 9.17) is 37.0 Å². The van der Waals surface area contributed by atoms with Gasteiger partial charge in [0.2, 0.25) is 0 Å². The number of unbranched alkanes of at least 4 members (excludes halogenated alkanes) is 50. The van der Waals surface area contributed by atoms with Crippen molar-refractivity contribution in [1.82, 2.24) is 0 Å². The van der Waals surface area contributed by atoms with E-state index in [2.05, 4.69) is 52.0 Å². The summed E-state index contributed by atoms with van der Waals surface area (Å²) in [7, 11) is -9.92. The molecule has 3 N–H and O–H groups in total. The fraction of sp³-hybridized carbons (Fsp3) is 0.900. The minimum absolute atomic E-state index is 0.0852. The van der Waals surface area contributed by atoms with Crippen molar-refractivity contribution < 1.29 is 80.2 Å². The highest BCUT2D eigenvalue weighted by Gasteiger charge is 2.30. The summed E-state index contributed by atoms with van der Waals surface area (Å²) in [5, 5.41) is 10.6. The Balaban J connectivity index is 5.20. The van der Waals surface area contributed by atoms with Crippen LogP contribution in [0.3, 0.4) is 0 Å². The Labute approximate surface area is 605 Å². The SMILES string of the molecule is CCCCCC/C=C\C=C/CCCCCCCC(=O)O[C@H](COC(=O)CCCCCCCCC)COP(=O)(O)OC[C@H](O)COP(=O)(O)OC[C@@H](COC(=O)CCCCCCCCCCCCCCCCCC)OC(=O)CCCCCCCCCCCCCCCCCCCCCCC. The second kappa shape index (κ2) is 73.8. The first-order valence-corrected chi connectivity index (χ1v) is 44.1. The van der Waals surface area contributed by atoms with E-state index in [0.29, 0.717) is 25.7 Å². The molecule has 0 aliphatic carbocycles. The molecule has 0 aliphatic rings. The first-order chi connectivity index (χ1) is 48.2.